The van der Waals surface area contributed by atoms with E-state index in [2.05, 4.69) is 21.8 Å². The first-order chi connectivity index (χ1) is 20.8. The lowest BCUT2D eigenvalue weighted by Gasteiger charge is -2.41. The van der Waals surface area contributed by atoms with E-state index in [4.69, 9.17) is 47.0 Å². The molecule has 1 fully saturated rings. The van der Waals surface area contributed by atoms with Gasteiger partial charge in [-0.2, -0.15) is 31.4 Å². The Kier molecular flexibility index (Phi) is 12.4. The number of anilines is 1. The molecule has 1 saturated heterocycles. The van der Waals surface area contributed by atoms with E-state index in [9.17, 15) is 31.4 Å². The van der Waals surface area contributed by atoms with Crippen LogP contribution < -0.4 is 10.5 Å². The van der Waals surface area contributed by atoms with E-state index in [-0.39, 0.29) is 12.6 Å². The number of ether oxygens (including phenoxy) is 1. The van der Waals surface area contributed by atoms with E-state index in [0.29, 0.717) is 35.6 Å². The molecule has 0 radical (unpaired) electrons. The lowest BCUT2D eigenvalue weighted by molar-refractivity contribution is -0.193. The van der Waals surface area contributed by atoms with Crippen LogP contribution >= 0.6 is 11.6 Å². The number of nitrogens with zero attached hydrogens (tertiary/aromatic N) is 5. The molecular formula is C26H31ClF6N6O6. The van der Waals surface area contributed by atoms with Crippen LogP contribution in [0.2, 0.25) is 5.02 Å². The molecule has 250 valence electrons. The number of nitrogen functional groups attached to an aromatic ring is 1. The number of carbonyl (C=O) groups is 2. The number of fused-ring (bicyclic) bond motifs is 1. The molecule has 0 amide bonds. The summed E-state index contributed by atoms with van der Waals surface area (Å²) >= 11 is 6.71. The summed E-state index contributed by atoms with van der Waals surface area (Å²) in [5.41, 5.74) is 10.7. The molecule has 4 rings (SSSR count). The van der Waals surface area contributed by atoms with Crippen molar-refractivity contribution in [1.29, 1.82) is 0 Å². The van der Waals surface area contributed by atoms with Crippen molar-refractivity contribution in [3.8, 4) is 5.75 Å². The van der Waals surface area contributed by atoms with Crippen molar-refractivity contribution in [2.45, 2.75) is 52.0 Å². The quantitative estimate of drug-likeness (QED) is 0.263. The number of carboxylic acid groups (broad SMARTS) is 2. The molecule has 3 aromatic rings. The van der Waals surface area contributed by atoms with Crippen LogP contribution in [0.1, 0.15) is 48.2 Å². The molecular weight excluding hydrogens is 642 g/mol. The normalized spacial score (nSPS) is 14.5. The standard InChI is InChI=1S/C22H29ClN6O2.2C2HF3O2/c1-5-31-20-16(8-17(23)12(2)18(20)15-9-28(10-15)6-7-30)14(4)29-22-19(13(3)27-29)21(24)25-11-26-22;2*3-2(4,5)1(6)7/h8,11,14-15,30H,5-7,9-10H2,1-4H3,(H2,24,25,26);2*(H,6,7). The van der Waals surface area contributed by atoms with Crippen molar-refractivity contribution in [3.63, 3.8) is 0 Å². The highest BCUT2D eigenvalue weighted by molar-refractivity contribution is 6.31. The molecule has 19 heteroatoms. The zero-order valence-corrected chi connectivity index (χ0v) is 25.1. The monoisotopic (exact) mass is 672 g/mol. The molecule has 1 unspecified atom stereocenters. The van der Waals surface area contributed by atoms with Crippen LogP contribution in [0.5, 0.6) is 5.75 Å². The Bertz CT molecular complexity index is 1490. The number of carboxylic acids is 2. The Morgan fingerprint density at radius 1 is 1.11 bits per heavy atom. The van der Waals surface area contributed by atoms with Gasteiger partial charge in [-0.25, -0.2) is 24.2 Å². The summed E-state index contributed by atoms with van der Waals surface area (Å²) in [5, 5.41) is 29.7. The number of aliphatic carboxylic acids is 2. The number of likely N-dealkylation sites (tertiary alicyclic amines) is 1. The Labute approximate surface area is 257 Å². The molecule has 0 aliphatic carbocycles. The third kappa shape index (κ3) is 9.07. The van der Waals surface area contributed by atoms with Crippen molar-refractivity contribution in [2.75, 3.05) is 38.6 Å². The number of nitrogens with two attached hydrogens (primary N) is 1. The molecule has 5 N–H and O–H groups in total. The summed E-state index contributed by atoms with van der Waals surface area (Å²) in [6, 6.07) is 1.81. The van der Waals surface area contributed by atoms with Crippen molar-refractivity contribution in [2.24, 2.45) is 0 Å². The van der Waals surface area contributed by atoms with Crippen LogP contribution in [0.3, 0.4) is 0 Å². The highest BCUT2D eigenvalue weighted by Crippen LogP contribution is 2.44. The number of aliphatic hydroxyl groups is 1. The second-order valence-corrected chi connectivity index (χ2v) is 10.1. The summed E-state index contributed by atoms with van der Waals surface area (Å²) in [6.45, 7) is 11.2. The van der Waals surface area contributed by atoms with Gasteiger partial charge in [-0.1, -0.05) is 11.6 Å². The predicted molar refractivity (Wildman–Crippen MR) is 149 cm³/mol. The van der Waals surface area contributed by atoms with Crippen LogP contribution in [0.15, 0.2) is 12.4 Å². The minimum atomic E-state index is -5.08. The van der Waals surface area contributed by atoms with Gasteiger partial charge >= 0.3 is 24.3 Å². The van der Waals surface area contributed by atoms with Crippen LogP contribution in [0.4, 0.5) is 32.2 Å². The van der Waals surface area contributed by atoms with Crippen molar-refractivity contribution in [3.05, 3.63) is 39.8 Å². The van der Waals surface area contributed by atoms with Crippen LogP contribution in [0.25, 0.3) is 11.0 Å². The molecule has 0 saturated carbocycles. The first kappa shape index (κ1) is 37.3. The number of hydrogen-bond acceptors (Lipinski definition) is 9. The SMILES string of the molecule is CCOc1c(C(C)n2nc(C)c3c(N)ncnc32)cc(Cl)c(C)c1C1CN(CCO)C1.O=C(O)C(F)(F)F.O=C(O)C(F)(F)F. The fourth-order valence-corrected chi connectivity index (χ4v) is 4.74. The number of halogens is 7. The third-order valence-corrected chi connectivity index (χ3v) is 7.01. The number of aromatic nitrogens is 4. The van der Waals surface area contributed by atoms with E-state index >= 15 is 0 Å². The highest BCUT2D eigenvalue weighted by atomic mass is 35.5. The molecule has 2 aromatic heterocycles. The van der Waals surface area contributed by atoms with Gasteiger partial charge in [0.1, 0.15) is 17.9 Å². The number of aliphatic hydroxyl groups excluding tert-OH is 1. The average Bonchev–Trinajstić information content (AvgIpc) is 3.25. The third-order valence-electron chi connectivity index (χ3n) is 6.62. The number of β-amino-alcohol motifs (C(OH)–C–C–N with tert-alkyl or cyclic N) is 1. The van der Waals surface area contributed by atoms with E-state index in [0.717, 1.165) is 46.6 Å². The maximum atomic E-state index is 10.6. The van der Waals surface area contributed by atoms with Gasteiger partial charge in [-0.05, 0) is 39.3 Å². The smallest absolute Gasteiger partial charge is 0.490 e. The first-order valence-corrected chi connectivity index (χ1v) is 13.5. The molecule has 45 heavy (non-hydrogen) atoms. The van der Waals surface area contributed by atoms with Gasteiger partial charge in [0.2, 0.25) is 0 Å². The minimum absolute atomic E-state index is 0.165. The first-order valence-electron chi connectivity index (χ1n) is 13.1. The van der Waals surface area contributed by atoms with Gasteiger partial charge in [0.05, 0.1) is 30.3 Å². The number of aryl methyl sites for hydroxylation is 1. The molecule has 1 aliphatic heterocycles. The molecule has 1 atom stereocenters. The summed E-state index contributed by atoms with van der Waals surface area (Å²) < 4.78 is 71.6. The van der Waals surface area contributed by atoms with Crippen LogP contribution in [-0.4, -0.2) is 97.1 Å². The second kappa shape index (κ2) is 14.9. The van der Waals surface area contributed by atoms with Gasteiger partial charge in [0.15, 0.2) is 5.65 Å². The maximum Gasteiger partial charge on any atom is 0.490 e. The summed E-state index contributed by atoms with van der Waals surface area (Å²) in [7, 11) is 0. The molecule has 3 heterocycles. The summed E-state index contributed by atoms with van der Waals surface area (Å²) in [5.74, 6) is -3.91. The summed E-state index contributed by atoms with van der Waals surface area (Å²) in [4.78, 5) is 28.6. The molecule has 12 nitrogen and oxygen atoms in total. The van der Waals surface area contributed by atoms with Crippen molar-refractivity contribution >= 4 is 40.4 Å². The Morgan fingerprint density at radius 3 is 2.11 bits per heavy atom. The van der Waals surface area contributed by atoms with Crippen LogP contribution in [-0.2, 0) is 9.59 Å². The number of alkyl halides is 6. The van der Waals surface area contributed by atoms with Gasteiger partial charge in [-0.15, -0.1) is 0 Å². The molecule has 0 bridgehead atoms. The van der Waals surface area contributed by atoms with Crippen LogP contribution in [0, 0.1) is 13.8 Å². The van der Waals surface area contributed by atoms with Gasteiger partial charge in [0, 0.05) is 41.7 Å². The Balaban J connectivity index is 0.000000421. The lowest BCUT2D eigenvalue weighted by atomic mass is 9.85. The van der Waals surface area contributed by atoms with E-state index in [1.54, 1.807) is 0 Å². The highest BCUT2D eigenvalue weighted by Gasteiger charge is 2.39. The van der Waals surface area contributed by atoms with Gasteiger partial charge < -0.3 is 25.8 Å². The van der Waals surface area contributed by atoms with E-state index < -0.39 is 24.3 Å². The van der Waals surface area contributed by atoms with Gasteiger partial charge in [0.25, 0.3) is 0 Å². The second-order valence-electron chi connectivity index (χ2n) is 9.70. The van der Waals surface area contributed by atoms with E-state index in [1.807, 2.05) is 31.5 Å². The number of hydrogen-bond donors (Lipinski definition) is 4. The predicted octanol–water partition coefficient (Wildman–Crippen LogP) is 4.34. The van der Waals surface area contributed by atoms with Crippen molar-refractivity contribution < 1.29 is 56.0 Å². The largest absolute Gasteiger partial charge is 0.493 e. The Morgan fingerprint density at radius 2 is 1.64 bits per heavy atom. The van der Waals surface area contributed by atoms with E-state index in [1.165, 1.54) is 6.33 Å². The zero-order valence-electron chi connectivity index (χ0n) is 24.4. The van der Waals surface area contributed by atoms with Crippen molar-refractivity contribution in [1.82, 2.24) is 24.6 Å². The molecule has 0 spiro atoms. The topological polar surface area (TPSA) is 177 Å². The summed E-state index contributed by atoms with van der Waals surface area (Å²) in [6.07, 6.45) is -8.71. The fraction of sp³-hybridized carbons (Fsp3) is 0.500. The lowest BCUT2D eigenvalue weighted by Crippen LogP contribution is -2.46. The number of rotatable bonds is 7. The zero-order chi connectivity index (χ0) is 34.4. The minimum Gasteiger partial charge on any atom is -0.493 e. The fourth-order valence-electron chi connectivity index (χ4n) is 4.52. The molecule has 1 aromatic carbocycles. The van der Waals surface area contributed by atoms with Gasteiger partial charge in [-0.3, -0.25) is 4.90 Å². The Hall–Kier alpha value is -3.90. The molecule has 1 aliphatic rings. The average molecular weight is 673 g/mol. The number of benzene rings is 1. The maximum absolute atomic E-state index is 10.6.